The zero-order valence-corrected chi connectivity index (χ0v) is 49.4. The summed E-state index contributed by atoms with van der Waals surface area (Å²) < 4.78 is 22.4. The Morgan fingerprint density at radius 2 is 0.709 bits per heavy atom. The summed E-state index contributed by atoms with van der Waals surface area (Å²) in [7, 11) is 5.85. The van der Waals surface area contributed by atoms with E-state index in [1.165, 1.54) is 0 Å². The molecule has 0 heterocycles. The summed E-state index contributed by atoms with van der Waals surface area (Å²) in [4.78, 5) is 37.1. The van der Waals surface area contributed by atoms with Crippen LogP contribution in [0.4, 0.5) is 0 Å². The van der Waals surface area contributed by atoms with E-state index in [0.29, 0.717) is 23.9 Å². The van der Waals surface area contributed by atoms with Gasteiger partial charge in [-0.05, 0) is 128 Å². The first kappa shape index (κ1) is 72.9. The fraction of sp³-hybridized carbons (Fsp3) is 0.471. The van der Waals surface area contributed by atoms with Crippen molar-refractivity contribution in [2.75, 3.05) is 47.5 Å². The first-order valence-electron chi connectivity index (χ1n) is 29.2. The van der Waals surface area contributed by atoms with Gasteiger partial charge in [0.15, 0.2) is 12.4 Å². The van der Waals surface area contributed by atoms with E-state index in [4.69, 9.17) is 18.9 Å². The molecule has 0 amide bonds. The van der Waals surface area contributed by atoms with Gasteiger partial charge in [0.05, 0.1) is 46.7 Å². The molecule has 0 aliphatic heterocycles. The van der Waals surface area contributed by atoms with Gasteiger partial charge in [-0.3, -0.25) is 9.59 Å². The van der Waals surface area contributed by atoms with Crippen LogP contribution in [0.25, 0.3) is 0 Å². The van der Waals surface area contributed by atoms with Crippen LogP contribution < -0.4 is 5.11 Å². The third-order valence-corrected chi connectivity index (χ3v) is 11.1. The number of aliphatic carboxylic acids is 1. The number of likely N-dealkylation sites (N-methyl/N-ethyl adjacent to an activating group) is 1. The fourth-order valence-corrected chi connectivity index (χ4v) is 6.65. The number of allylic oxidation sites excluding steroid dienone is 33. The SMILES string of the molecule is CC/C=C\C/C=C\C/C=C\C/C=C\C/C=C\C/C=C\C/C=C\C/C=C\C/C=C\C/C=C\C/C=C\C/C=C\CCCCC(=O)OC(COC(=O)C/C=C\C/C=C\C/C=C\C/C=C\C/C=C\CC)COC(OCC[N+](C)(C)C)C(=O)[O-]. The molecule has 0 aliphatic rings. The van der Waals surface area contributed by atoms with Gasteiger partial charge in [-0.1, -0.05) is 220 Å². The van der Waals surface area contributed by atoms with E-state index in [-0.39, 0.29) is 32.7 Å². The zero-order valence-electron chi connectivity index (χ0n) is 49.4. The highest BCUT2D eigenvalue weighted by molar-refractivity contribution is 5.71. The molecule has 2 unspecified atom stereocenters. The summed E-state index contributed by atoms with van der Waals surface area (Å²) in [5, 5.41) is 11.7. The lowest BCUT2D eigenvalue weighted by Gasteiger charge is -2.26. The molecule has 0 fully saturated rings. The number of hydrogen-bond acceptors (Lipinski definition) is 8. The van der Waals surface area contributed by atoms with Gasteiger partial charge in [-0.2, -0.15) is 0 Å². The highest BCUT2D eigenvalue weighted by Crippen LogP contribution is 2.09. The van der Waals surface area contributed by atoms with Gasteiger partial charge in [0, 0.05) is 6.42 Å². The quantitative estimate of drug-likeness (QED) is 0.0195. The van der Waals surface area contributed by atoms with E-state index in [0.717, 1.165) is 116 Å². The first-order valence-corrected chi connectivity index (χ1v) is 29.2. The lowest BCUT2D eigenvalue weighted by molar-refractivity contribution is -0.870. The number of carbonyl (C=O) groups is 3. The Bertz CT molecular complexity index is 2040. The van der Waals surface area contributed by atoms with E-state index >= 15 is 0 Å². The molecule has 0 rings (SSSR count). The number of ether oxygens (including phenoxy) is 4. The van der Waals surface area contributed by atoms with Gasteiger partial charge in [0.25, 0.3) is 0 Å². The minimum atomic E-state index is -1.67. The van der Waals surface area contributed by atoms with Crippen LogP contribution in [-0.2, 0) is 33.3 Å². The van der Waals surface area contributed by atoms with Crippen molar-refractivity contribution in [1.82, 2.24) is 0 Å². The number of rotatable bonds is 50. The van der Waals surface area contributed by atoms with Gasteiger partial charge in [0.2, 0.25) is 0 Å². The maximum absolute atomic E-state index is 12.8. The van der Waals surface area contributed by atoms with Crippen molar-refractivity contribution in [3.8, 4) is 0 Å². The Morgan fingerprint density at radius 1 is 0.392 bits per heavy atom. The number of quaternary nitrogens is 1. The molecule has 0 aromatic rings. The Morgan fingerprint density at radius 3 is 1.03 bits per heavy atom. The number of esters is 2. The van der Waals surface area contributed by atoms with Crippen molar-refractivity contribution in [2.45, 2.75) is 167 Å². The largest absolute Gasteiger partial charge is 0.545 e. The van der Waals surface area contributed by atoms with Crippen LogP contribution in [0.2, 0.25) is 0 Å². The van der Waals surface area contributed by atoms with E-state index < -0.39 is 30.3 Å². The average molecular weight is 1090 g/mol. The molecule has 0 radical (unpaired) electrons. The molecule has 436 valence electrons. The van der Waals surface area contributed by atoms with Crippen LogP contribution in [-0.4, -0.2) is 82.3 Å². The van der Waals surface area contributed by atoms with E-state index in [1.54, 1.807) is 6.08 Å². The number of carboxylic acid groups (broad SMARTS) is 1. The number of carboxylic acids is 1. The standard InChI is InChI=1S/C70H103NO8/c1-6-8-10-12-14-16-18-20-22-23-24-25-26-27-28-29-30-31-32-33-34-35-36-37-38-39-40-41-42-43-44-45-47-49-51-53-55-57-59-61-68(73)79-66(65-78-70(69(74)75)76-63-62-71(3,4)5)64-77-67(72)60-58-56-54-52-50-48-46-21-19-17-15-13-11-9-7-2/h8-11,14-17,20-22,24-25,27-28,30-31,33-34,36-37,39-40,42-43,45-47,50-53,56,58,66,70H,6-7,12-13,18-19,23,26,29,32,35,38,41,44,48-49,54-55,57,59-65H2,1-5H3/b10-8-,11-9-,16-14-,17-15-,22-20-,25-24-,28-27-,31-30-,34-33-,37-36-,40-39-,43-42-,46-21-,47-45-,52-50-,53-51-,58-56-. The van der Waals surface area contributed by atoms with Crippen molar-refractivity contribution in [2.24, 2.45) is 0 Å². The highest BCUT2D eigenvalue weighted by atomic mass is 16.7. The molecule has 9 heteroatoms. The predicted octanol–water partition coefficient (Wildman–Crippen LogP) is 16.3. The summed E-state index contributed by atoms with van der Waals surface area (Å²) in [6.45, 7) is 4.29. The lowest BCUT2D eigenvalue weighted by atomic mass is 10.2. The minimum absolute atomic E-state index is 0.0371. The molecular weight excluding hydrogens is 983 g/mol. The Kier molecular flexibility index (Phi) is 53.5. The maximum atomic E-state index is 12.8. The Hall–Kier alpha value is -6.13. The fourth-order valence-electron chi connectivity index (χ4n) is 6.65. The first-order chi connectivity index (χ1) is 38.6. The smallest absolute Gasteiger partial charge is 0.309 e. The molecule has 0 spiro atoms. The predicted molar refractivity (Wildman–Crippen MR) is 333 cm³/mol. The summed E-state index contributed by atoms with van der Waals surface area (Å²) in [6.07, 6.45) is 89.3. The number of unbranched alkanes of at least 4 members (excludes halogenated alkanes) is 2. The van der Waals surface area contributed by atoms with E-state index in [1.807, 2.05) is 33.3 Å². The Labute approximate surface area is 480 Å². The molecule has 0 aromatic heterocycles. The highest BCUT2D eigenvalue weighted by Gasteiger charge is 2.21. The maximum Gasteiger partial charge on any atom is 0.309 e. The normalized spacial score (nSPS) is 14.3. The zero-order chi connectivity index (χ0) is 57.6. The van der Waals surface area contributed by atoms with Gasteiger partial charge in [-0.25, -0.2) is 0 Å². The molecule has 9 nitrogen and oxygen atoms in total. The molecule has 0 saturated carbocycles. The van der Waals surface area contributed by atoms with Gasteiger partial charge in [-0.15, -0.1) is 0 Å². The molecule has 79 heavy (non-hydrogen) atoms. The number of nitrogens with zero attached hydrogens (tertiary/aromatic N) is 1. The van der Waals surface area contributed by atoms with E-state index in [9.17, 15) is 19.5 Å². The molecular formula is C70H103NO8. The Balaban J connectivity index is 4.39. The van der Waals surface area contributed by atoms with Gasteiger partial charge in [0.1, 0.15) is 13.2 Å². The molecule has 0 aromatic carbocycles. The van der Waals surface area contributed by atoms with Crippen LogP contribution >= 0.6 is 0 Å². The van der Waals surface area contributed by atoms with Crippen LogP contribution in [0.15, 0.2) is 207 Å². The number of hydrogen-bond donors (Lipinski definition) is 0. The van der Waals surface area contributed by atoms with Crippen LogP contribution in [0, 0.1) is 0 Å². The van der Waals surface area contributed by atoms with Crippen LogP contribution in [0.3, 0.4) is 0 Å². The number of carbonyl (C=O) groups excluding carboxylic acids is 3. The van der Waals surface area contributed by atoms with Crippen LogP contribution in [0.5, 0.6) is 0 Å². The van der Waals surface area contributed by atoms with Crippen molar-refractivity contribution in [3.05, 3.63) is 207 Å². The monoisotopic (exact) mass is 1090 g/mol. The lowest BCUT2D eigenvalue weighted by Crippen LogP contribution is -2.44. The summed E-state index contributed by atoms with van der Waals surface area (Å²) in [5.74, 6) is -2.54. The summed E-state index contributed by atoms with van der Waals surface area (Å²) in [5.41, 5.74) is 0. The van der Waals surface area contributed by atoms with Crippen molar-refractivity contribution in [1.29, 1.82) is 0 Å². The molecule has 2 atom stereocenters. The second kappa shape index (κ2) is 58.0. The van der Waals surface area contributed by atoms with E-state index in [2.05, 4.69) is 202 Å². The topological polar surface area (TPSA) is 111 Å². The third kappa shape index (κ3) is 59.4. The summed E-state index contributed by atoms with van der Waals surface area (Å²) >= 11 is 0. The average Bonchev–Trinajstić information content (AvgIpc) is 3.42. The minimum Gasteiger partial charge on any atom is -0.545 e. The van der Waals surface area contributed by atoms with Crippen molar-refractivity contribution in [3.63, 3.8) is 0 Å². The second-order valence-electron chi connectivity index (χ2n) is 19.5. The summed E-state index contributed by atoms with van der Waals surface area (Å²) in [6, 6.07) is 0. The molecule has 0 bridgehead atoms. The third-order valence-electron chi connectivity index (χ3n) is 11.1. The van der Waals surface area contributed by atoms with Gasteiger partial charge < -0.3 is 33.3 Å². The van der Waals surface area contributed by atoms with Crippen LogP contribution in [0.1, 0.15) is 155 Å². The molecule has 0 aliphatic carbocycles. The molecule has 0 saturated heterocycles. The van der Waals surface area contributed by atoms with Crippen molar-refractivity contribution >= 4 is 17.9 Å². The van der Waals surface area contributed by atoms with Crippen molar-refractivity contribution < 1.29 is 42.9 Å². The van der Waals surface area contributed by atoms with Gasteiger partial charge >= 0.3 is 11.9 Å². The molecule has 0 N–H and O–H groups in total. The second-order valence-corrected chi connectivity index (χ2v) is 19.5.